The van der Waals surface area contributed by atoms with Crippen molar-refractivity contribution in [1.29, 1.82) is 0 Å². The van der Waals surface area contributed by atoms with Crippen LogP contribution in [0.15, 0.2) is 24.3 Å². The van der Waals surface area contributed by atoms with Crippen molar-refractivity contribution in [3.8, 4) is 0 Å². The number of anilines is 2. The number of amides is 2. The molecular formula is C19H29N3O2. The third-order valence-corrected chi connectivity index (χ3v) is 4.65. The first-order valence-electron chi connectivity index (χ1n) is 9.06. The Morgan fingerprint density at radius 3 is 2.25 bits per heavy atom. The lowest BCUT2D eigenvalue weighted by Crippen LogP contribution is -2.36. The smallest absolute Gasteiger partial charge is 0.243 e. The molecule has 0 aromatic heterocycles. The first-order valence-corrected chi connectivity index (χ1v) is 9.06. The fourth-order valence-corrected chi connectivity index (χ4v) is 3.08. The third kappa shape index (κ3) is 5.25. The summed E-state index contributed by atoms with van der Waals surface area (Å²) >= 11 is 0. The van der Waals surface area contributed by atoms with Gasteiger partial charge in [-0.15, -0.1) is 0 Å². The van der Waals surface area contributed by atoms with Gasteiger partial charge in [-0.1, -0.05) is 13.8 Å². The van der Waals surface area contributed by atoms with Gasteiger partial charge in [-0.05, 0) is 56.4 Å². The van der Waals surface area contributed by atoms with Gasteiger partial charge in [0.2, 0.25) is 11.8 Å². The zero-order valence-corrected chi connectivity index (χ0v) is 14.8. The summed E-state index contributed by atoms with van der Waals surface area (Å²) in [5.74, 6) is -0.253. The topological polar surface area (TPSA) is 61.4 Å². The Morgan fingerprint density at radius 1 is 1.04 bits per heavy atom. The van der Waals surface area contributed by atoms with Crippen LogP contribution in [0.5, 0.6) is 0 Å². The van der Waals surface area contributed by atoms with E-state index in [1.807, 2.05) is 38.1 Å². The van der Waals surface area contributed by atoms with Gasteiger partial charge in [0.05, 0.1) is 6.54 Å². The van der Waals surface area contributed by atoms with E-state index in [0.29, 0.717) is 0 Å². The number of hydrogen-bond donors (Lipinski definition) is 2. The molecule has 2 rings (SSSR count). The van der Waals surface area contributed by atoms with E-state index in [1.165, 1.54) is 24.9 Å². The summed E-state index contributed by atoms with van der Waals surface area (Å²) in [4.78, 5) is 26.2. The number of piperidine rings is 1. The number of rotatable bonds is 7. The van der Waals surface area contributed by atoms with Gasteiger partial charge in [-0.25, -0.2) is 0 Å². The molecule has 0 bridgehead atoms. The molecule has 0 saturated carbocycles. The maximum atomic E-state index is 12.0. The Labute approximate surface area is 144 Å². The zero-order valence-electron chi connectivity index (χ0n) is 14.8. The van der Waals surface area contributed by atoms with Gasteiger partial charge < -0.3 is 15.5 Å². The molecular weight excluding hydrogens is 302 g/mol. The molecule has 5 heteroatoms. The quantitative estimate of drug-likeness (QED) is 0.807. The van der Waals surface area contributed by atoms with E-state index in [1.54, 1.807) is 0 Å². The number of nitrogens with one attached hydrogen (secondary N) is 2. The van der Waals surface area contributed by atoms with Crippen LogP contribution in [-0.2, 0) is 9.59 Å². The van der Waals surface area contributed by atoms with Gasteiger partial charge in [0.1, 0.15) is 0 Å². The number of carbonyl (C=O) groups is 2. The van der Waals surface area contributed by atoms with Gasteiger partial charge >= 0.3 is 0 Å². The first-order chi connectivity index (χ1) is 11.6. The highest BCUT2D eigenvalue weighted by atomic mass is 16.2. The van der Waals surface area contributed by atoms with Crippen molar-refractivity contribution < 1.29 is 9.59 Å². The molecule has 0 radical (unpaired) electrons. The number of hydrogen-bond acceptors (Lipinski definition) is 3. The largest absolute Gasteiger partial charge is 0.372 e. The molecule has 1 fully saturated rings. The second-order valence-electron chi connectivity index (χ2n) is 6.37. The van der Waals surface area contributed by atoms with E-state index in [9.17, 15) is 9.59 Å². The van der Waals surface area contributed by atoms with Gasteiger partial charge in [-0.3, -0.25) is 9.59 Å². The second-order valence-corrected chi connectivity index (χ2v) is 6.37. The number of nitrogens with zero attached hydrogens (tertiary/aromatic N) is 1. The Hall–Kier alpha value is -2.04. The molecule has 1 aromatic carbocycles. The standard InChI is InChI=1S/C19H29N3O2/c1-3-15(4-2)19(24)20-14-18(23)21-16-8-10-17(11-9-16)22-12-6-5-7-13-22/h8-11,15H,3-7,12-14H2,1-2H3,(H,20,24)(H,21,23). The number of carbonyl (C=O) groups excluding carboxylic acids is 2. The highest BCUT2D eigenvalue weighted by molar-refractivity contribution is 5.94. The molecule has 1 saturated heterocycles. The summed E-state index contributed by atoms with van der Waals surface area (Å²) in [5.41, 5.74) is 1.97. The molecule has 1 aliphatic rings. The van der Waals surface area contributed by atoms with E-state index < -0.39 is 0 Å². The normalized spacial score (nSPS) is 14.5. The molecule has 0 unspecified atom stereocenters. The van der Waals surface area contributed by atoms with Gasteiger partial charge in [0.15, 0.2) is 0 Å². The van der Waals surface area contributed by atoms with Crippen LogP contribution >= 0.6 is 0 Å². The highest BCUT2D eigenvalue weighted by Gasteiger charge is 2.15. The fraction of sp³-hybridized carbons (Fsp3) is 0.579. The van der Waals surface area contributed by atoms with Crippen LogP contribution in [0.25, 0.3) is 0 Å². The Bertz CT molecular complexity index is 532. The lowest BCUT2D eigenvalue weighted by Gasteiger charge is -2.28. The molecule has 0 spiro atoms. The predicted molar refractivity (Wildman–Crippen MR) is 98.2 cm³/mol. The molecule has 2 N–H and O–H groups in total. The van der Waals surface area contributed by atoms with Crippen molar-refractivity contribution in [2.75, 3.05) is 29.9 Å². The minimum absolute atomic E-state index is 0.0124. The monoisotopic (exact) mass is 331 g/mol. The van der Waals surface area contributed by atoms with E-state index >= 15 is 0 Å². The van der Waals surface area contributed by atoms with Crippen molar-refractivity contribution in [2.24, 2.45) is 5.92 Å². The average molecular weight is 331 g/mol. The molecule has 0 atom stereocenters. The number of benzene rings is 1. The SMILES string of the molecule is CCC(CC)C(=O)NCC(=O)Nc1ccc(N2CCCCC2)cc1. The highest BCUT2D eigenvalue weighted by Crippen LogP contribution is 2.21. The minimum Gasteiger partial charge on any atom is -0.372 e. The van der Waals surface area contributed by atoms with Crippen molar-refractivity contribution in [1.82, 2.24) is 5.32 Å². The molecule has 2 amide bonds. The van der Waals surface area contributed by atoms with Crippen LogP contribution in [-0.4, -0.2) is 31.4 Å². The molecule has 1 aromatic rings. The molecule has 0 aliphatic carbocycles. The Morgan fingerprint density at radius 2 is 1.67 bits per heavy atom. The Balaban J connectivity index is 1.80. The second kappa shape index (κ2) is 9.30. The molecule has 1 heterocycles. The summed E-state index contributed by atoms with van der Waals surface area (Å²) in [7, 11) is 0. The maximum absolute atomic E-state index is 12.0. The van der Waals surface area contributed by atoms with Gasteiger partial charge in [-0.2, -0.15) is 0 Å². The molecule has 24 heavy (non-hydrogen) atoms. The van der Waals surface area contributed by atoms with Gasteiger partial charge in [0.25, 0.3) is 0 Å². The van der Waals surface area contributed by atoms with E-state index in [-0.39, 0.29) is 24.3 Å². The molecule has 5 nitrogen and oxygen atoms in total. The average Bonchev–Trinajstić information content (AvgIpc) is 2.62. The van der Waals surface area contributed by atoms with Crippen LogP contribution in [0.2, 0.25) is 0 Å². The minimum atomic E-state index is -0.194. The van der Waals surface area contributed by atoms with Crippen LogP contribution < -0.4 is 15.5 Å². The van der Waals surface area contributed by atoms with Crippen molar-refractivity contribution >= 4 is 23.2 Å². The van der Waals surface area contributed by atoms with Crippen molar-refractivity contribution in [3.63, 3.8) is 0 Å². The molecule has 132 valence electrons. The molecule has 1 aliphatic heterocycles. The fourth-order valence-electron chi connectivity index (χ4n) is 3.08. The Kier molecular flexibility index (Phi) is 7.09. The van der Waals surface area contributed by atoms with Gasteiger partial charge in [0, 0.05) is 30.4 Å². The lowest BCUT2D eigenvalue weighted by molar-refractivity contribution is -0.127. The van der Waals surface area contributed by atoms with Crippen LogP contribution in [0.1, 0.15) is 46.0 Å². The van der Waals surface area contributed by atoms with E-state index in [2.05, 4.69) is 15.5 Å². The van der Waals surface area contributed by atoms with Crippen molar-refractivity contribution in [2.45, 2.75) is 46.0 Å². The van der Waals surface area contributed by atoms with Crippen molar-refractivity contribution in [3.05, 3.63) is 24.3 Å². The first kappa shape index (κ1) is 18.3. The van der Waals surface area contributed by atoms with Crippen LogP contribution in [0.4, 0.5) is 11.4 Å². The summed E-state index contributed by atoms with van der Waals surface area (Å²) in [6.07, 6.45) is 5.39. The summed E-state index contributed by atoms with van der Waals surface area (Å²) in [6.45, 7) is 6.19. The van der Waals surface area contributed by atoms with Crippen LogP contribution in [0.3, 0.4) is 0 Å². The maximum Gasteiger partial charge on any atom is 0.243 e. The lowest BCUT2D eigenvalue weighted by atomic mass is 10.0. The van der Waals surface area contributed by atoms with Crippen LogP contribution in [0, 0.1) is 5.92 Å². The third-order valence-electron chi connectivity index (χ3n) is 4.65. The predicted octanol–water partition coefficient (Wildman–Crippen LogP) is 3.17. The summed E-state index contributed by atoms with van der Waals surface area (Å²) in [6, 6.07) is 7.93. The summed E-state index contributed by atoms with van der Waals surface area (Å²) in [5, 5.41) is 5.54. The van der Waals surface area contributed by atoms with E-state index in [4.69, 9.17) is 0 Å². The zero-order chi connectivity index (χ0) is 17.4. The van der Waals surface area contributed by atoms with E-state index in [0.717, 1.165) is 31.6 Å². The summed E-state index contributed by atoms with van der Waals surface area (Å²) < 4.78 is 0.